The molecule has 236 valence electrons. The number of unbranched alkanes of at least 4 members (excludes halogenated alkanes) is 1. The standard InChI is InChI=1S/C37H43N3O4S/c1-5-6-22-38-37(42)35(25-31-15-9-7-10-16-31)39(26-32-17-13-14-28(2)24-32)36(41)27-40(34-21-20-29(3)23-30(34)4)45(43,44)33-18-11-8-12-19-33/h7-21,23-24,35H,5-6,22,25-27H2,1-4H3,(H,38,42). The van der Waals surface area contributed by atoms with Crippen LogP contribution in [0.25, 0.3) is 0 Å². The van der Waals surface area contributed by atoms with Gasteiger partial charge in [0.15, 0.2) is 0 Å². The van der Waals surface area contributed by atoms with E-state index in [2.05, 4.69) is 12.2 Å². The lowest BCUT2D eigenvalue weighted by atomic mass is 10.0. The molecule has 0 aliphatic heterocycles. The molecule has 1 N–H and O–H groups in total. The zero-order valence-corrected chi connectivity index (χ0v) is 27.4. The van der Waals surface area contributed by atoms with Gasteiger partial charge in [-0.3, -0.25) is 13.9 Å². The number of nitrogens with one attached hydrogen (secondary N) is 1. The molecule has 0 aliphatic rings. The average molecular weight is 626 g/mol. The first-order valence-electron chi connectivity index (χ1n) is 15.4. The summed E-state index contributed by atoms with van der Waals surface area (Å²) in [4.78, 5) is 30.1. The maximum absolute atomic E-state index is 14.6. The van der Waals surface area contributed by atoms with Crippen molar-refractivity contribution in [2.75, 3.05) is 17.4 Å². The molecular formula is C37H43N3O4S. The van der Waals surface area contributed by atoms with Gasteiger partial charge in [0, 0.05) is 19.5 Å². The molecule has 0 saturated heterocycles. The second kappa shape index (κ2) is 15.5. The lowest BCUT2D eigenvalue weighted by Gasteiger charge is -2.34. The van der Waals surface area contributed by atoms with Gasteiger partial charge in [-0.05, 0) is 62.1 Å². The quantitative estimate of drug-likeness (QED) is 0.165. The molecule has 4 rings (SSSR count). The summed E-state index contributed by atoms with van der Waals surface area (Å²) in [6.45, 7) is 7.96. The minimum absolute atomic E-state index is 0.0844. The second-order valence-electron chi connectivity index (χ2n) is 11.5. The Labute approximate surface area is 268 Å². The third-order valence-corrected chi connectivity index (χ3v) is 9.54. The first kappa shape index (κ1) is 33.5. The van der Waals surface area contributed by atoms with E-state index in [-0.39, 0.29) is 23.8 Å². The van der Waals surface area contributed by atoms with E-state index < -0.39 is 28.5 Å². The average Bonchev–Trinajstić information content (AvgIpc) is 3.03. The number of anilines is 1. The predicted molar refractivity (Wildman–Crippen MR) is 180 cm³/mol. The molecule has 0 aromatic heterocycles. The number of carbonyl (C=O) groups is 2. The van der Waals surface area contributed by atoms with E-state index in [0.717, 1.165) is 40.7 Å². The zero-order chi connectivity index (χ0) is 32.4. The number of rotatable bonds is 14. The lowest BCUT2D eigenvalue weighted by Crippen LogP contribution is -2.53. The van der Waals surface area contributed by atoms with Crippen LogP contribution >= 0.6 is 0 Å². The van der Waals surface area contributed by atoms with Gasteiger partial charge < -0.3 is 10.2 Å². The molecule has 0 saturated carbocycles. The van der Waals surface area contributed by atoms with Crippen molar-refractivity contribution in [3.05, 3.63) is 131 Å². The van der Waals surface area contributed by atoms with Crippen LogP contribution in [-0.2, 0) is 32.6 Å². The normalized spacial score (nSPS) is 11.9. The highest BCUT2D eigenvalue weighted by atomic mass is 32.2. The molecule has 7 nitrogen and oxygen atoms in total. The topological polar surface area (TPSA) is 86.8 Å². The number of aryl methyl sites for hydroxylation is 3. The Morgan fingerprint density at radius 3 is 2.07 bits per heavy atom. The van der Waals surface area contributed by atoms with Crippen LogP contribution in [0.3, 0.4) is 0 Å². The molecule has 4 aromatic carbocycles. The van der Waals surface area contributed by atoms with Crippen molar-refractivity contribution in [1.82, 2.24) is 10.2 Å². The van der Waals surface area contributed by atoms with Gasteiger partial charge in [-0.1, -0.05) is 109 Å². The van der Waals surface area contributed by atoms with Gasteiger partial charge in [0.05, 0.1) is 10.6 Å². The van der Waals surface area contributed by atoms with E-state index in [1.54, 1.807) is 29.2 Å². The molecule has 2 amide bonds. The minimum Gasteiger partial charge on any atom is -0.354 e. The molecule has 8 heteroatoms. The lowest BCUT2D eigenvalue weighted by molar-refractivity contribution is -0.140. The van der Waals surface area contributed by atoms with Crippen molar-refractivity contribution in [3.63, 3.8) is 0 Å². The first-order chi connectivity index (χ1) is 21.6. The van der Waals surface area contributed by atoms with Crippen LogP contribution in [0.2, 0.25) is 0 Å². The minimum atomic E-state index is -4.13. The molecule has 1 unspecified atom stereocenters. The molecule has 0 aliphatic carbocycles. The number of amides is 2. The summed E-state index contributed by atoms with van der Waals surface area (Å²) < 4.78 is 29.5. The van der Waals surface area contributed by atoms with Crippen molar-refractivity contribution in [3.8, 4) is 0 Å². The highest BCUT2D eigenvalue weighted by Gasteiger charge is 2.35. The summed E-state index contributed by atoms with van der Waals surface area (Å²) >= 11 is 0. The first-order valence-corrected chi connectivity index (χ1v) is 16.9. The number of nitrogens with zero attached hydrogens (tertiary/aromatic N) is 2. The fourth-order valence-corrected chi connectivity index (χ4v) is 6.89. The van der Waals surface area contributed by atoms with E-state index in [9.17, 15) is 18.0 Å². The van der Waals surface area contributed by atoms with E-state index in [1.165, 1.54) is 16.4 Å². The Bertz CT molecular complexity index is 1690. The maximum Gasteiger partial charge on any atom is 0.264 e. The highest BCUT2D eigenvalue weighted by Crippen LogP contribution is 2.28. The van der Waals surface area contributed by atoms with Crippen LogP contribution in [0.1, 0.15) is 47.6 Å². The van der Waals surface area contributed by atoms with Gasteiger partial charge in [0.25, 0.3) is 10.0 Å². The van der Waals surface area contributed by atoms with Crippen LogP contribution in [0.15, 0.2) is 108 Å². The summed E-state index contributed by atoms with van der Waals surface area (Å²) in [6.07, 6.45) is 2.01. The van der Waals surface area contributed by atoms with E-state index in [0.29, 0.717) is 12.2 Å². The smallest absolute Gasteiger partial charge is 0.264 e. The SMILES string of the molecule is CCCCNC(=O)C(Cc1ccccc1)N(Cc1cccc(C)c1)C(=O)CN(c1ccc(C)cc1C)S(=O)(=O)c1ccccc1. The monoisotopic (exact) mass is 625 g/mol. The van der Waals surface area contributed by atoms with Crippen LogP contribution in [0, 0.1) is 20.8 Å². The number of benzene rings is 4. The molecule has 0 spiro atoms. The summed E-state index contributed by atoms with van der Waals surface area (Å²) in [5.74, 6) is -0.736. The predicted octanol–water partition coefficient (Wildman–Crippen LogP) is 6.36. The van der Waals surface area contributed by atoms with Crippen molar-refractivity contribution in [2.24, 2.45) is 0 Å². The third-order valence-electron chi connectivity index (χ3n) is 7.77. The van der Waals surface area contributed by atoms with Crippen molar-refractivity contribution in [1.29, 1.82) is 0 Å². The number of sulfonamides is 1. The van der Waals surface area contributed by atoms with Crippen LogP contribution in [0.5, 0.6) is 0 Å². The summed E-state index contributed by atoms with van der Waals surface area (Å²) in [5.41, 5.74) is 4.90. The Kier molecular flexibility index (Phi) is 11.5. The molecule has 4 aromatic rings. The van der Waals surface area contributed by atoms with Gasteiger partial charge in [0.1, 0.15) is 12.6 Å². The molecule has 45 heavy (non-hydrogen) atoms. The molecule has 0 fully saturated rings. The number of hydrogen-bond acceptors (Lipinski definition) is 4. The van der Waals surface area contributed by atoms with E-state index >= 15 is 0 Å². The van der Waals surface area contributed by atoms with Gasteiger partial charge in [0.2, 0.25) is 11.8 Å². The van der Waals surface area contributed by atoms with E-state index in [1.807, 2.05) is 87.5 Å². The van der Waals surface area contributed by atoms with Crippen LogP contribution in [-0.4, -0.2) is 44.3 Å². The summed E-state index contributed by atoms with van der Waals surface area (Å²) in [6, 6.07) is 30.1. The van der Waals surface area contributed by atoms with Gasteiger partial charge in [-0.15, -0.1) is 0 Å². The Balaban J connectivity index is 1.81. The number of hydrogen-bond donors (Lipinski definition) is 1. The summed E-state index contributed by atoms with van der Waals surface area (Å²) in [7, 11) is -4.13. The summed E-state index contributed by atoms with van der Waals surface area (Å²) in [5, 5.41) is 3.03. The van der Waals surface area contributed by atoms with Crippen LogP contribution in [0.4, 0.5) is 5.69 Å². The van der Waals surface area contributed by atoms with Crippen molar-refractivity contribution < 1.29 is 18.0 Å². The second-order valence-corrected chi connectivity index (χ2v) is 13.3. The van der Waals surface area contributed by atoms with Crippen molar-refractivity contribution >= 4 is 27.5 Å². The largest absolute Gasteiger partial charge is 0.354 e. The molecule has 0 radical (unpaired) electrons. The highest BCUT2D eigenvalue weighted by molar-refractivity contribution is 7.92. The molecule has 0 bridgehead atoms. The third kappa shape index (κ3) is 8.82. The Morgan fingerprint density at radius 1 is 0.778 bits per heavy atom. The molecule has 1 atom stereocenters. The van der Waals surface area contributed by atoms with Crippen LogP contribution < -0.4 is 9.62 Å². The maximum atomic E-state index is 14.6. The molecule has 0 heterocycles. The number of carbonyl (C=O) groups excluding carboxylic acids is 2. The zero-order valence-electron chi connectivity index (χ0n) is 26.6. The van der Waals surface area contributed by atoms with E-state index in [4.69, 9.17) is 0 Å². The fraction of sp³-hybridized carbons (Fsp3) is 0.297. The van der Waals surface area contributed by atoms with Gasteiger partial charge >= 0.3 is 0 Å². The Hall–Kier alpha value is -4.43. The van der Waals surface area contributed by atoms with Gasteiger partial charge in [-0.25, -0.2) is 8.42 Å². The van der Waals surface area contributed by atoms with Gasteiger partial charge in [-0.2, -0.15) is 0 Å². The molecular weight excluding hydrogens is 582 g/mol. The Morgan fingerprint density at radius 2 is 1.42 bits per heavy atom. The fourth-order valence-electron chi connectivity index (χ4n) is 5.39. The van der Waals surface area contributed by atoms with Crippen molar-refractivity contribution in [2.45, 2.75) is 64.4 Å².